The summed E-state index contributed by atoms with van der Waals surface area (Å²) in [6, 6.07) is 5.48. The lowest BCUT2D eigenvalue weighted by atomic mass is 9.94. The van der Waals surface area contributed by atoms with Gasteiger partial charge in [0.25, 0.3) is 0 Å². The van der Waals surface area contributed by atoms with Gasteiger partial charge in [-0.25, -0.2) is 9.59 Å². The largest absolute Gasteiger partial charge is 0.465 e. The van der Waals surface area contributed by atoms with E-state index in [1.54, 1.807) is 19.2 Å². The van der Waals surface area contributed by atoms with E-state index in [2.05, 4.69) is 5.32 Å². The van der Waals surface area contributed by atoms with E-state index in [-0.39, 0.29) is 6.04 Å². The number of nitrogens with one attached hydrogen (secondary N) is 1. The molecule has 1 aromatic carbocycles. The molecule has 0 spiro atoms. The number of hydrogen-bond acceptors (Lipinski definition) is 5. The molecule has 1 aliphatic rings. The van der Waals surface area contributed by atoms with Crippen molar-refractivity contribution < 1.29 is 19.1 Å². The summed E-state index contributed by atoms with van der Waals surface area (Å²) < 4.78 is 10.3. The molecule has 0 saturated carbocycles. The summed E-state index contributed by atoms with van der Waals surface area (Å²) in [5.74, 6) is -0.429. The van der Waals surface area contributed by atoms with Gasteiger partial charge in [0, 0.05) is 13.1 Å². The van der Waals surface area contributed by atoms with E-state index in [4.69, 9.17) is 9.47 Å². The van der Waals surface area contributed by atoms with Crippen molar-refractivity contribution in [3.05, 3.63) is 29.3 Å². The summed E-state index contributed by atoms with van der Waals surface area (Å²) in [7, 11) is 3.01. The Morgan fingerprint density at radius 3 is 2.52 bits per heavy atom. The lowest BCUT2D eigenvalue weighted by molar-refractivity contribution is 0.0579. The maximum Gasteiger partial charge on any atom is 0.414 e. The SMILES string of the molecule is COC(=O)c1ccc(C2CCCCN2)c(N(C)C(=O)OC(C)(C)C)c1. The van der Waals surface area contributed by atoms with Gasteiger partial charge in [0.2, 0.25) is 0 Å². The summed E-state index contributed by atoms with van der Waals surface area (Å²) in [6.07, 6.45) is 2.82. The van der Waals surface area contributed by atoms with Crippen molar-refractivity contribution in [2.75, 3.05) is 25.6 Å². The first-order valence-electron chi connectivity index (χ1n) is 8.65. The van der Waals surface area contributed by atoms with Crippen LogP contribution in [0.4, 0.5) is 10.5 Å². The third-order valence-electron chi connectivity index (χ3n) is 4.17. The van der Waals surface area contributed by atoms with Crippen molar-refractivity contribution in [3.63, 3.8) is 0 Å². The Morgan fingerprint density at radius 1 is 1.24 bits per heavy atom. The predicted molar refractivity (Wildman–Crippen MR) is 97.0 cm³/mol. The molecule has 25 heavy (non-hydrogen) atoms. The third-order valence-corrected chi connectivity index (χ3v) is 4.17. The standard InChI is InChI=1S/C19H28N2O4/c1-19(2,3)25-18(23)21(4)16-12-13(17(22)24-5)9-10-14(16)15-8-6-7-11-20-15/h9-10,12,15,20H,6-8,11H2,1-5H3. The molecule has 0 bridgehead atoms. The smallest absolute Gasteiger partial charge is 0.414 e. The molecular formula is C19H28N2O4. The number of carbonyl (C=O) groups is 2. The minimum Gasteiger partial charge on any atom is -0.465 e. The number of methoxy groups -OCH3 is 1. The molecule has 6 nitrogen and oxygen atoms in total. The van der Waals surface area contributed by atoms with Crippen LogP contribution in [-0.4, -0.2) is 38.4 Å². The second kappa shape index (κ2) is 7.87. The number of ether oxygens (including phenoxy) is 2. The molecule has 1 unspecified atom stereocenters. The van der Waals surface area contributed by atoms with Crippen LogP contribution in [-0.2, 0) is 9.47 Å². The Balaban J connectivity index is 2.39. The van der Waals surface area contributed by atoms with Crippen LogP contribution in [0.25, 0.3) is 0 Å². The molecule has 1 aromatic rings. The Hall–Kier alpha value is -2.08. The Labute approximate surface area is 149 Å². The molecule has 1 N–H and O–H groups in total. The van der Waals surface area contributed by atoms with Gasteiger partial charge in [-0.3, -0.25) is 4.90 Å². The Bertz CT molecular complexity index is 631. The highest BCUT2D eigenvalue weighted by Crippen LogP contribution is 2.32. The summed E-state index contributed by atoms with van der Waals surface area (Å²) in [5, 5.41) is 3.49. The van der Waals surface area contributed by atoms with E-state index in [9.17, 15) is 9.59 Å². The molecule has 0 aliphatic carbocycles. The van der Waals surface area contributed by atoms with E-state index in [1.807, 2.05) is 26.8 Å². The number of esters is 1. The second-order valence-electron chi connectivity index (χ2n) is 7.31. The zero-order chi connectivity index (χ0) is 18.6. The van der Waals surface area contributed by atoms with Crippen LogP contribution in [0.15, 0.2) is 18.2 Å². The minimum absolute atomic E-state index is 0.153. The van der Waals surface area contributed by atoms with Crippen LogP contribution >= 0.6 is 0 Å². The Morgan fingerprint density at radius 2 is 1.96 bits per heavy atom. The highest BCUT2D eigenvalue weighted by atomic mass is 16.6. The molecule has 1 heterocycles. The van der Waals surface area contributed by atoms with E-state index in [0.29, 0.717) is 11.3 Å². The average molecular weight is 348 g/mol. The van der Waals surface area contributed by atoms with Gasteiger partial charge in [0.05, 0.1) is 18.4 Å². The fourth-order valence-electron chi connectivity index (χ4n) is 2.92. The molecule has 6 heteroatoms. The molecule has 1 fully saturated rings. The maximum atomic E-state index is 12.5. The van der Waals surface area contributed by atoms with E-state index >= 15 is 0 Å². The van der Waals surface area contributed by atoms with Crippen molar-refractivity contribution in [2.45, 2.75) is 51.7 Å². The average Bonchev–Trinajstić information content (AvgIpc) is 2.59. The molecule has 1 amide bonds. The monoisotopic (exact) mass is 348 g/mol. The molecule has 0 radical (unpaired) electrons. The molecule has 2 rings (SSSR count). The molecule has 138 valence electrons. The van der Waals surface area contributed by atoms with Crippen LogP contribution in [0.2, 0.25) is 0 Å². The summed E-state index contributed by atoms with van der Waals surface area (Å²) >= 11 is 0. The number of piperidine rings is 1. The molecule has 1 atom stereocenters. The van der Waals surface area contributed by atoms with Crippen molar-refractivity contribution in [3.8, 4) is 0 Å². The van der Waals surface area contributed by atoms with Crippen LogP contribution in [0, 0.1) is 0 Å². The number of hydrogen-bond donors (Lipinski definition) is 1. The van der Waals surface area contributed by atoms with Gasteiger partial charge in [-0.05, 0) is 57.9 Å². The molecule has 0 aromatic heterocycles. The van der Waals surface area contributed by atoms with Crippen molar-refractivity contribution >= 4 is 17.7 Å². The van der Waals surface area contributed by atoms with Crippen molar-refractivity contribution in [1.82, 2.24) is 5.32 Å². The number of nitrogens with zero attached hydrogens (tertiary/aromatic N) is 1. The van der Waals surface area contributed by atoms with Crippen molar-refractivity contribution in [2.24, 2.45) is 0 Å². The van der Waals surface area contributed by atoms with E-state index in [0.717, 1.165) is 31.4 Å². The fourth-order valence-corrected chi connectivity index (χ4v) is 2.92. The maximum absolute atomic E-state index is 12.5. The van der Waals surface area contributed by atoms with Crippen LogP contribution in [0.5, 0.6) is 0 Å². The Kier molecular flexibility index (Phi) is 6.06. The van der Waals surface area contributed by atoms with Gasteiger partial charge in [-0.1, -0.05) is 12.5 Å². The molecule has 1 saturated heterocycles. The van der Waals surface area contributed by atoms with E-state index < -0.39 is 17.7 Å². The molecular weight excluding hydrogens is 320 g/mol. The van der Waals surface area contributed by atoms with Gasteiger partial charge >= 0.3 is 12.1 Å². The minimum atomic E-state index is -0.589. The quantitative estimate of drug-likeness (QED) is 0.844. The first-order chi connectivity index (χ1) is 11.7. The van der Waals surface area contributed by atoms with Crippen LogP contribution in [0.3, 0.4) is 0 Å². The van der Waals surface area contributed by atoms with E-state index in [1.165, 1.54) is 12.0 Å². The fraction of sp³-hybridized carbons (Fsp3) is 0.579. The first-order valence-corrected chi connectivity index (χ1v) is 8.65. The van der Waals surface area contributed by atoms with Gasteiger partial charge < -0.3 is 14.8 Å². The zero-order valence-corrected chi connectivity index (χ0v) is 15.7. The van der Waals surface area contributed by atoms with Gasteiger partial charge in [0.1, 0.15) is 5.60 Å². The summed E-state index contributed by atoms with van der Waals surface area (Å²) in [6.45, 7) is 6.42. The van der Waals surface area contributed by atoms with Gasteiger partial charge in [0.15, 0.2) is 0 Å². The normalized spacial score (nSPS) is 17.7. The number of anilines is 1. The summed E-state index contributed by atoms with van der Waals surface area (Å²) in [5.41, 5.74) is 1.47. The lowest BCUT2D eigenvalue weighted by Crippen LogP contribution is -2.36. The highest BCUT2D eigenvalue weighted by Gasteiger charge is 2.26. The molecule has 1 aliphatic heterocycles. The second-order valence-corrected chi connectivity index (χ2v) is 7.31. The highest BCUT2D eigenvalue weighted by molar-refractivity contribution is 5.94. The number of carbonyl (C=O) groups excluding carboxylic acids is 2. The number of rotatable bonds is 3. The zero-order valence-electron chi connectivity index (χ0n) is 15.7. The van der Waals surface area contributed by atoms with Crippen LogP contribution < -0.4 is 10.2 Å². The van der Waals surface area contributed by atoms with Gasteiger partial charge in [-0.15, -0.1) is 0 Å². The number of amides is 1. The lowest BCUT2D eigenvalue weighted by Gasteiger charge is -2.30. The predicted octanol–water partition coefficient (Wildman–Crippen LogP) is 3.66. The summed E-state index contributed by atoms with van der Waals surface area (Å²) in [4.78, 5) is 25.9. The topological polar surface area (TPSA) is 67.9 Å². The first kappa shape index (κ1) is 19.2. The van der Waals surface area contributed by atoms with Crippen LogP contribution in [0.1, 0.15) is 62.0 Å². The van der Waals surface area contributed by atoms with Crippen molar-refractivity contribution in [1.29, 1.82) is 0 Å². The third kappa shape index (κ3) is 4.95. The van der Waals surface area contributed by atoms with Gasteiger partial charge in [-0.2, -0.15) is 0 Å². The number of benzene rings is 1.